The topological polar surface area (TPSA) is 40.5 Å². The van der Waals surface area contributed by atoms with Gasteiger partial charge in [0.25, 0.3) is 0 Å². The first-order valence-corrected chi connectivity index (χ1v) is 7.54. The number of hydrogen-bond acceptors (Lipinski definition) is 3. The molecule has 1 aromatic carbocycles. The van der Waals surface area contributed by atoms with Crippen molar-refractivity contribution in [2.75, 3.05) is 11.9 Å². The van der Waals surface area contributed by atoms with Gasteiger partial charge in [-0.1, -0.05) is 26.0 Å². The zero-order valence-corrected chi connectivity index (χ0v) is 12.7. The molecule has 1 aliphatic rings. The van der Waals surface area contributed by atoms with Crippen LogP contribution in [-0.2, 0) is 4.79 Å². The summed E-state index contributed by atoms with van der Waals surface area (Å²) in [6.45, 7) is 6.50. The highest BCUT2D eigenvalue weighted by Gasteiger charge is 2.33. The lowest BCUT2D eigenvalue weighted by molar-refractivity contribution is -0.137. The molecule has 2 rings (SSSR count). The molecule has 1 N–H and O–H groups in total. The molecule has 0 saturated heterocycles. The van der Waals surface area contributed by atoms with Gasteiger partial charge in [-0.15, -0.1) is 11.8 Å². The number of thioether (sulfide) groups is 1. The van der Waals surface area contributed by atoms with Crippen LogP contribution in [0.4, 0.5) is 5.69 Å². The Morgan fingerprint density at radius 1 is 1.47 bits per heavy atom. The second-order valence-corrected chi connectivity index (χ2v) is 6.74. The second kappa shape index (κ2) is 5.45. The highest BCUT2D eigenvalue weighted by atomic mass is 32.2. The summed E-state index contributed by atoms with van der Waals surface area (Å²) in [6.07, 6.45) is 0.210. The predicted octanol–water partition coefficient (Wildman–Crippen LogP) is 3.58. The van der Waals surface area contributed by atoms with Crippen LogP contribution < -0.4 is 4.90 Å². The van der Waals surface area contributed by atoms with E-state index in [2.05, 4.69) is 50.9 Å². The molecule has 0 fully saturated rings. The largest absolute Gasteiger partial charge is 0.481 e. The number of para-hydroxylation sites is 1. The average Bonchev–Trinajstić information content (AvgIpc) is 2.34. The molecule has 0 spiro atoms. The smallest absolute Gasteiger partial charge is 0.304 e. The van der Waals surface area contributed by atoms with Crippen LogP contribution in [0.15, 0.2) is 23.1 Å². The van der Waals surface area contributed by atoms with Gasteiger partial charge >= 0.3 is 5.97 Å². The first kappa shape index (κ1) is 14.3. The molecule has 1 aliphatic heterocycles. The number of carboxylic acids is 1. The minimum absolute atomic E-state index is 0.109. The Morgan fingerprint density at radius 3 is 2.74 bits per heavy atom. The summed E-state index contributed by atoms with van der Waals surface area (Å²) in [5.74, 6) is -0.248. The minimum atomic E-state index is -0.721. The zero-order chi connectivity index (χ0) is 14.2. The molecule has 104 valence electrons. The van der Waals surface area contributed by atoms with Crippen LogP contribution in [-0.4, -0.2) is 29.4 Å². The SMILES string of the molecule is CC(C)c1cccc2c1N(C)C(C)C(CC(=O)O)S2. The van der Waals surface area contributed by atoms with Gasteiger partial charge in [-0.05, 0) is 24.5 Å². The third-order valence-corrected chi connectivity index (χ3v) is 5.25. The van der Waals surface area contributed by atoms with Crippen LogP contribution in [0.3, 0.4) is 0 Å². The zero-order valence-electron chi connectivity index (χ0n) is 11.9. The normalized spacial score (nSPS) is 22.5. The maximum absolute atomic E-state index is 11.0. The van der Waals surface area contributed by atoms with E-state index in [9.17, 15) is 4.79 Å². The number of anilines is 1. The lowest BCUT2D eigenvalue weighted by atomic mass is 9.99. The molecule has 3 nitrogen and oxygen atoms in total. The molecule has 2 unspecified atom stereocenters. The van der Waals surface area contributed by atoms with Crippen molar-refractivity contribution in [3.63, 3.8) is 0 Å². The summed E-state index contributed by atoms with van der Waals surface area (Å²) in [4.78, 5) is 14.4. The van der Waals surface area contributed by atoms with Crippen molar-refractivity contribution in [2.24, 2.45) is 0 Å². The van der Waals surface area contributed by atoms with Gasteiger partial charge in [0.05, 0.1) is 12.1 Å². The van der Waals surface area contributed by atoms with E-state index in [0.717, 1.165) is 0 Å². The number of nitrogens with zero attached hydrogens (tertiary/aromatic N) is 1. The molecule has 0 bridgehead atoms. The number of benzene rings is 1. The van der Waals surface area contributed by atoms with Gasteiger partial charge in [0.1, 0.15) is 0 Å². The summed E-state index contributed by atoms with van der Waals surface area (Å²) < 4.78 is 0. The van der Waals surface area contributed by atoms with Gasteiger partial charge in [0, 0.05) is 23.2 Å². The molecular formula is C15H21NO2S. The van der Waals surface area contributed by atoms with Crippen molar-refractivity contribution in [2.45, 2.75) is 49.3 Å². The number of carboxylic acid groups (broad SMARTS) is 1. The van der Waals surface area contributed by atoms with Crippen LogP contribution in [0.1, 0.15) is 38.7 Å². The Morgan fingerprint density at radius 2 is 2.16 bits per heavy atom. The fraction of sp³-hybridized carbons (Fsp3) is 0.533. The second-order valence-electron chi connectivity index (χ2n) is 5.45. The first-order chi connectivity index (χ1) is 8.91. The highest BCUT2D eigenvalue weighted by molar-refractivity contribution is 8.00. The Hall–Kier alpha value is -1.16. The van der Waals surface area contributed by atoms with E-state index in [1.807, 2.05) is 0 Å². The molecule has 4 heteroatoms. The Bertz CT molecular complexity index is 487. The van der Waals surface area contributed by atoms with Crippen molar-refractivity contribution in [1.82, 2.24) is 0 Å². The molecule has 1 aromatic rings. The maximum atomic E-state index is 11.0. The van der Waals surface area contributed by atoms with Gasteiger partial charge in [-0.2, -0.15) is 0 Å². The molecule has 0 saturated carbocycles. The molecular weight excluding hydrogens is 258 g/mol. The third-order valence-electron chi connectivity index (χ3n) is 3.81. The lowest BCUT2D eigenvalue weighted by Gasteiger charge is -2.40. The summed E-state index contributed by atoms with van der Waals surface area (Å²) in [5, 5.41) is 9.14. The highest BCUT2D eigenvalue weighted by Crippen LogP contribution is 2.45. The number of carbonyl (C=O) groups is 1. The van der Waals surface area contributed by atoms with Crippen LogP contribution in [0.25, 0.3) is 0 Å². The van der Waals surface area contributed by atoms with Gasteiger partial charge in [-0.25, -0.2) is 0 Å². The predicted molar refractivity (Wildman–Crippen MR) is 80.3 cm³/mol. The van der Waals surface area contributed by atoms with Gasteiger partial charge in [0.2, 0.25) is 0 Å². The monoisotopic (exact) mass is 279 g/mol. The summed E-state index contributed by atoms with van der Waals surface area (Å²) in [5.41, 5.74) is 2.62. The van der Waals surface area contributed by atoms with Crippen molar-refractivity contribution < 1.29 is 9.90 Å². The quantitative estimate of drug-likeness (QED) is 0.918. The van der Waals surface area contributed by atoms with E-state index in [1.165, 1.54) is 16.1 Å². The standard InChI is InChI=1S/C15H21NO2S/c1-9(2)11-6-5-7-12-15(11)16(4)10(3)13(19-12)8-14(17)18/h5-7,9-10,13H,8H2,1-4H3,(H,17,18). The van der Waals surface area contributed by atoms with Crippen molar-refractivity contribution in [3.05, 3.63) is 23.8 Å². The van der Waals surface area contributed by atoms with Gasteiger partial charge < -0.3 is 10.0 Å². The maximum Gasteiger partial charge on any atom is 0.304 e. The van der Waals surface area contributed by atoms with Crippen LogP contribution >= 0.6 is 11.8 Å². The lowest BCUT2D eigenvalue weighted by Crippen LogP contribution is -2.42. The number of hydrogen-bond donors (Lipinski definition) is 1. The van der Waals surface area contributed by atoms with Crippen molar-refractivity contribution >= 4 is 23.4 Å². The fourth-order valence-electron chi connectivity index (χ4n) is 2.58. The Labute approximate surface area is 119 Å². The molecule has 0 amide bonds. The van der Waals surface area contributed by atoms with Crippen molar-refractivity contribution in [3.8, 4) is 0 Å². The summed E-state index contributed by atoms with van der Waals surface area (Å²) in [6, 6.07) is 6.57. The Balaban J connectivity index is 2.40. The van der Waals surface area contributed by atoms with E-state index < -0.39 is 5.97 Å². The van der Waals surface area contributed by atoms with Crippen LogP contribution in [0, 0.1) is 0 Å². The van der Waals surface area contributed by atoms with E-state index in [1.54, 1.807) is 11.8 Å². The number of aliphatic carboxylic acids is 1. The molecule has 0 radical (unpaired) electrons. The molecule has 0 aromatic heterocycles. The average molecular weight is 279 g/mol. The molecule has 2 atom stereocenters. The Kier molecular flexibility index (Phi) is 4.09. The van der Waals surface area contributed by atoms with Gasteiger partial charge in [-0.3, -0.25) is 4.79 Å². The van der Waals surface area contributed by atoms with E-state index >= 15 is 0 Å². The van der Waals surface area contributed by atoms with E-state index in [0.29, 0.717) is 5.92 Å². The summed E-state index contributed by atoms with van der Waals surface area (Å²) in [7, 11) is 2.07. The molecule has 1 heterocycles. The number of fused-ring (bicyclic) bond motifs is 1. The molecule has 19 heavy (non-hydrogen) atoms. The minimum Gasteiger partial charge on any atom is -0.481 e. The summed E-state index contributed by atoms with van der Waals surface area (Å²) >= 11 is 1.71. The van der Waals surface area contributed by atoms with E-state index in [-0.39, 0.29) is 17.7 Å². The third kappa shape index (κ3) is 2.73. The van der Waals surface area contributed by atoms with E-state index in [4.69, 9.17) is 5.11 Å². The van der Waals surface area contributed by atoms with Gasteiger partial charge in [0.15, 0.2) is 0 Å². The molecule has 0 aliphatic carbocycles. The fourth-order valence-corrected chi connectivity index (χ4v) is 4.04. The van der Waals surface area contributed by atoms with Crippen LogP contribution in [0.5, 0.6) is 0 Å². The van der Waals surface area contributed by atoms with Crippen LogP contribution in [0.2, 0.25) is 0 Å². The first-order valence-electron chi connectivity index (χ1n) is 6.66. The number of rotatable bonds is 3. The van der Waals surface area contributed by atoms with Crippen molar-refractivity contribution in [1.29, 1.82) is 0 Å².